The Kier molecular flexibility index (Phi) is 1.97. The van der Waals surface area contributed by atoms with Crippen LogP contribution in [0.15, 0.2) is 29.8 Å². The lowest BCUT2D eigenvalue weighted by Gasteiger charge is -1.98. The third-order valence-electron chi connectivity index (χ3n) is 2.70. The number of amides is 1. The van der Waals surface area contributed by atoms with E-state index >= 15 is 0 Å². The molecule has 0 spiro atoms. The third-order valence-corrected chi connectivity index (χ3v) is 3.53. The van der Waals surface area contributed by atoms with Crippen LogP contribution in [-0.2, 0) is 11.8 Å². The van der Waals surface area contributed by atoms with Gasteiger partial charge in [-0.05, 0) is 29.7 Å². The Morgan fingerprint density at radius 3 is 3.06 bits per heavy atom. The van der Waals surface area contributed by atoms with Gasteiger partial charge in [0.25, 0.3) is 5.91 Å². The van der Waals surface area contributed by atoms with Crippen LogP contribution in [0.1, 0.15) is 11.3 Å². The van der Waals surface area contributed by atoms with Crippen LogP contribution in [0.25, 0.3) is 11.6 Å². The number of hydrogen-bond donors (Lipinski definition) is 1. The standard InChI is InChI=1S/C12H10N2OS/c1-14-5-2-3-8(14)7-10-9-4-6-16-12(9)13-11(10)15/h2-7H,1H3,(H,13,15)/b10-7+. The van der Waals surface area contributed by atoms with Gasteiger partial charge in [0.15, 0.2) is 0 Å². The highest BCUT2D eigenvalue weighted by Gasteiger charge is 2.25. The molecule has 0 fully saturated rings. The summed E-state index contributed by atoms with van der Waals surface area (Å²) in [6.45, 7) is 0. The van der Waals surface area contributed by atoms with Crippen molar-refractivity contribution >= 4 is 33.9 Å². The molecule has 3 heterocycles. The number of fused-ring (bicyclic) bond motifs is 1. The average Bonchev–Trinajstić information content (AvgIpc) is 2.89. The summed E-state index contributed by atoms with van der Waals surface area (Å²) in [7, 11) is 1.97. The molecule has 1 N–H and O–H groups in total. The number of aryl methyl sites for hydroxylation is 1. The molecule has 16 heavy (non-hydrogen) atoms. The highest BCUT2D eigenvalue weighted by molar-refractivity contribution is 7.15. The number of carbonyl (C=O) groups excluding carboxylic acids is 1. The molecule has 0 saturated carbocycles. The number of nitrogens with zero attached hydrogens (tertiary/aromatic N) is 1. The van der Waals surface area contributed by atoms with E-state index in [2.05, 4.69) is 5.32 Å². The summed E-state index contributed by atoms with van der Waals surface area (Å²) < 4.78 is 1.99. The zero-order chi connectivity index (χ0) is 11.1. The maximum absolute atomic E-state index is 11.7. The van der Waals surface area contributed by atoms with Crippen LogP contribution in [0.2, 0.25) is 0 Å². The van der Waals surface area contributed by atoms with E-state index in [0.717, 1.165) is 21.8 Å². The van der Waals surface area contributed by atoms with E-state index in [1.54, 1.807) is 11.3 Å². The molecule has 0 radical (unpaired) electrons. The first kappa shape index (κ1) is 9.42. The summed E-state index contributed by atoms with van der Waals surface area (Å²) in [5.41, 5.74) is 2.79. The van der Waals surface area contributed by atoms with E-state index in [4.69, 9.17) is 0 Å². The van der Waals surface area contributed by atoms with Crippen molar-refractivity contribution in [3.05, 3.63) is 41.0 Å². The van der Waals surface area contributed by atoms with Crippen LogP contribution in [0, 0.1) is 0 Å². The predicted octanol–water partition coefficient (Wildman–Crippen LogP) is 2.58. The number of nitrogens with one attached hydrogen (secondary N) is 1. The minimum absolute atomic E-state index is 0.0111. The second kappa shape index (κ2) is 3.35. The Morgan fingerprint density at radius 1 is 1.44 bits per heavy atom. The van der Waals surface area contributed by atoms with Gasteiger partial charge in [-0.3, -0.25) is 4.79 Å². The lowest BCUT2D eigenvalue weighted by atomic mass is 10.1. The Balaban J connectivity index is 2.11. The number of hydrogen-bond acceptors (Lipinski definition) is 2. The zero-order valence-electron chi connectivity index (χ0n) is 8.73. The monoisotopic (exact) mass is 230 g/mol. The lowest BCUT2D eigenvalue weighted by Crippen LogP contribution is -2.04. The Labute approximate surface area is 97.0 Å². The van der Waals surface area contributed by atoms with Crippen molar-refractivity contribution < 1.29 is 4.79 Å². The molecule has 2 aromatic heterocycles. The number of carbonyl (C=O) groups is 1. The second-order valence-corrected chi connectivity index (χ2v) is 4.64. The zero-order valence-corrected chi connectivity index (χ0v) is 9.54. The van der Waals surface area contributed by atoms with Crippen molar-refractivity contribution in [1.29, 1.82) is 0 Å². The van der Waals surface area contributed by atoms with Crippen molar-refractivity contribution in [3.8, 4) is 0 Å². The first-order valence-corrected chi connectivity index (χ1v) is 5.86. The molecule has 0 saturated heterocycles. The van der Waals surface area contributed by atoms with E-state index in [-0.39, 0.29) is 5.91 Å². The summed E-state index contributed by atoms with van der Waals surface area (Å²) in [5.74, 6) is -0.0111. The summed E-state index contributed by atoms with van der Waals surface area (Å²) >= 11 is 1.56. The van der Waals surface area contributed by atoms with Crippen LogP contribution in [-0.4, -0.2) is 10.5 Å². The molecule has 0 aliphatic carbocycles. The number of rotatable bonds is 1. The van der Waals surface area contributed by atoms with Gasteiger partial charge in [-0.2, -0.15) is 0 Å². The van der Waals surface area contributed by atoms with E-state index in [0.29, 0.717) is 0 Å². The number of aromatic nitrogens is 1. The molecule has 1 amide bonds. The predicted molar refractivity (Wildman–Crippen MR) is 66.2 cm³/mol. The second-order valence-electron chi connectivity index (χ2n) is 3.72. The maximum Gasteiger partial charge on any atom is 0.257 e. The summed E-state index contributed by atoms with van der Waals surface area (Å²) in [6.07, 6.45) is 3.89. The van der Waals surface area contributed by atoms with Crippen molar-refractivity contribution in [2.45, 2.75) is 0 Å². The minimum Gasteiger partial charge on any atom is -0.351 e. The Morgan fingerprint density at radius 2 is 2.31 bits per heavy atom. The highest BCUT2D eigenvalue weighted by atomic mass is 32.1. The molecule has 3 nitrogen and oxygen atoms in total. The molecule has 0 bridgehead atoms. The average molecular weight is 230 g/mol. The Hall–Kier alpha value is -1.81. The van der Waals surface area contributed by atoms with Gasteiger partial charge in [-0.25, -0.2) is 0 Å². The molecule has 1 aliphatic heterocycles. The van der Waals surface area contributed by atoms with Gasteiger partial charge < -0.3 is 9.88 Å². The number of thiophene rings is 1. The van der Waals surface area contributed by atoms with Gasteiger partial charge in [0.1, 0.15) is 5.00 Å². The van der Waals surface area contributed by atoms with Gasteiger partial charge >= 0.3 is 0 Å². The topological polar surface area (TPSA) is 34.0 Å². The quantitative estimate of drug-likeness (QED) is 0.751. The van der Waals surface area contributed by atoms with Crippen LogP contribution in [0.5, 0.6) is 0 Å². The van der Waals surface area contributed by atoms with Crippen molar-refractivity contribution in [2.75, 3.05) is 5.32 Å². The fourth-order valence-corrected chi connectivity index (χ4v) is 2.62. The summed E-state index contributed by atoms with van der Waals surface area (Å²) in [5, 5.41) is 5.80. The maximum atomic E-state index is 11.7. The van der Waals surface area contributed by atoms with Crippen LogP contribution >= 0.6 is 11.3 Å². The molecule has 80 valence electrons. The van der Waals surface area contributed by atoms with Crippen LogP contribution < -0.4 is 5.32 Å². The van der Waals surface area contributed by atoms with E-state index in [1.807, 2.05) is 47.5 Å². The fourth-order valence-electron chi connectivity index (χ4n) is 1.83. The molecular formula is C12H10N2OS. The van der Waals surface area contributed by atoms with Gasteiger partial charge in [-0.1, -0.05) is 0 Å². The van der Waals surface area contributed by atoms with Crippen molar-refractivity contribution in [3.63, 3.8) is 0 Å². The largest absolute Gasteiger partial charge is 0.351 e. The molecule has 3 rings (SSSR count). The SMILES string of the molecule is Cn1cccc1/C=C1/C(=O)Nc2sccc21. The van der Waals surface area contributed by atoms with Gasteiger partial charge in [0.05, 0.1) is 5.57 Å². The summed E-state index contributed by atoms with van der Waals surface area (Å²) in [4.78, 5) is 11.7. The molecular weight excluding hydrogens is 220 g/mol. The molecule has 0 unspecified atom stereocenters. The van der Waals surface area contributed by atoms with Gasteiger partial charge in [0.2, 0.25) is 0 Å². The first-order valence-electron chi connectivity index (χ1n) is 4.98. The lowest BCUT2D eigenvalue weighted by molar-refractivity contribution is -0.110. The molecule has 0 aromatic carbocycles. The molecule has 2 aromatic rings. The first-order chi connectivity index (χ1) is 7.75. The van der Waals surface area contributed by atoms with E-state index in [1.165, 1.54) is 0 Å². The van der Waals surface area contributed by atoms with E-state index < -0.39 is 0 Å². The number of anilines is 1. The smallest absolute Gasteiger partial charge is 0.257 e. The molecule has 1 aliphatic rings. The van der Waals surface area contributed by atoms with Crippen molar-refractivity contribution in [1.82, 2.24) is 4.57 Å². The third kappa shape index (κ3) is 1.31. The van der Waals surface area contributed by atoms with Crippen LogP contribution in [0.3, 0.4) is 0 Å². The Bertz CT molecular complexity index is 592. The van der Waals surface area contributed by atoms with Gasteiger partial charge in [0, 0.05) is 24.5 Å². The van der Waals surface area contributed by atoms with Crippen LogP contribution in [0.4, 0.5) is 5.00 Å². The van der Waals surface area contributed by atoms with Gasteiger partial charge in [-0.15, -0.1) is 11.3 Å². The molecule has 4 heteroatoms. The van der Waals surface area contributed by atoms with E-state index in [9.17, 15) is 4.79 Å². The fraction of sp³-hybridized carbons (Fsp3) is 0.0833. The van der Waals surface area contributed by atoms with Crippen molar-refractivity contribution in [2.24, 2.45) is 7.05 Å². The normalized spacial score (nSPS) is 16.6. The summed E-state index contributed by atoms with van der Waals surface area (Å²) in [6, 6.07) is 5.94. The minimum atomic E-state index is -0.0111. The highest BCUT2D eigenvalue weighted by Crippen LogP contribution is 2.37. The molecule has 0 atom stereocenters.